The standard InChI is InChI=1S/C10H19NO3/c1-2-3-4-9(11)10(12)14-8-5-6-13-7-8/h8-9H,2-7,11H2,1H3/t8?,9-/m0/s1. The summed E-state index contributed by atoms with van der Waals surface area (Å²) in [5.41, 5.74) is 5.67. The molecule has 0 bridgehead atoms. The van der Waals surface area contributed by atoms with Gasteiger partial charge in [0.2, 0.25) is 0 Å². The minimum Gasteiger partial charge on any atom is -0.459 e. The predicted molar refractivity (Wildman–Crippen MR) is 52.8 cm³/mol. The molecule has 0 aromatic heterocycles. The number of hydrogen-bond donors (Lipinski definition) is 1. The molecule has 1 aliphatic heterocycles. The largest absolute Gasteiger partial charge is 0.459 e. The summed E-state index contributed by atoms with van der Waals surface area (Å²) in [6.07, 6.45) is 3.45. The molecular formula is C10H19NO3. The maximum Gasteiger partial charge on any atom is 0.323 e. The lowest BCUT2D eigenvalue weighted by atomic mass is 10.1. The molecule has 4 heteroatoms. The summed E-state index contributed by atoms with van der Waals surface area (Å²) in [4.78, 5) is 11.4. The Hall–Kier alpha value is -0.610. The summed E-state index contributed by atoms with van der Waals surface area (Å²) in [6.45, 7) is 3.28. The fourth-order valence-corrected chi connectivity index (χ4v) is 1.40. The van der Waals surface area contributed by atoms with E-state index in [0.29, 0.717) is 19.6 Å². The van der Waals surface area contributed by atoms with Crippen LogP contribution in [0.3, 0.4) is 0 Å². The highest BCUT2D eigenvalue weighted by Gasteiger charge is 2.23. The van der Waals surface area contributed by atoms with Gasteiger partial charge in [-0.25, -0.2) is 0 Å². The van der Waals surface area contributed by atoms with E-state index in [1.54, 1.807) is 0 Å². The van der Waals surface area contributed by atoms with Crippen LogP contribution in [-0.4, -0.2) is 31.3 Å². The zero-order valence-electron chi connectivity index (χ0n) is 8.70. The summed E-state index contributed by atoms with van der Waals surface area (Å²) < 4.78 is 10.3. The summed E-state index contributed by atoms with van der Waals surface area (Å²) in [5.74, 6) is -0.283. The lowest BCUT2D eigenvalue weighted by molar-refractivity contribution is -0.150. The fourth-order valence-electron chi connectivity index (χ4n) is 1.40. The molecule has 1 fully saturated rings. The van der Waals surface area contributed by atoms with Crippen LogP contribution in [0.1, 0.15) is 32.6 Å². The molecule has 0 amide bonds. The Morgan fingerprint density at radius 2 is 2.50 bits per heavy atom. The van der Waals surface area contributed by atoms with Gasteiger partial charge >= 0.3 is 5.97 Å². The van der Waals surface area contributed by atoms with Crippen molar-refractivity contribution in [3.63, 3.8) is 0 Å². The maximum absolute atomic E-state index is 11.4. The Labute approximate surface area is 84.7 Å². The van der Waals surface area contributed by atoms with Crippen molar-refractivity contribution in [1.82, 2.24) is 0 Å². The van der Waals surface area contributed by atoms with Gasteiger partial charge in [0.25, 0.3) is 0 Å². The van der Waals surface area contributed by atoms with Crippen LogP contribution in [-0.2, 0) is 14.3 Å². The first kappa shape index (κ1) is 11.5. The normalized spacial score (nSPS) is 23.4. The van der Waals surface area contributed by atoms with Crippen LogP contribution >= 0.6 is 0 Å². The Balaban J connectivity index is 2.18. The number of unbranched alkanes of at least 4 members (excludes halogenated alkanes) is 1. The first-order valence-corrected chi connectivity index (χ1v) is 5.28. The van der Waals surface area contributed by atoms with Crippen molar-refractivity contribution in [2.45, 2.75) is 44.8 Å². The van der Waals surface area contributed by atoms with Gasteiger partial charge in [-0.05, 0) is 6.42 Å². The van der Waals surface area contributed by atoms with E-state index in [9.17, 15) is 4.79 Å². The van der Waals surface area contributed by atoms with Crippen molar-refractivity contribution in [2.75, 3.05) is 13.2 Å². The van der Waals surface area contributed by atoms with Crippen LogP contribution in [0.2, 0.25) is 0 Å². The molecule has 0 radical (unpaired) electrons. The van der Waals surface area contributed by atoms with Crippen molar-refractivity contribution in [2.24, 2.45) is 5.73 Å². The molecule has 4 nitrogen and oxygen atoms in total. The van der Waals surface area contributed by atoms with Crippen molar-refractivity contribution < 1.29 is 14.3 Å². The minimum absolute atomic E-state index is 0.0739. The van der Waals surface area contributed by atoms with E-state index in [4.69, 9.17) is 15.2 Å². The van der Waals surface area contributed by atoms with Gasteiger partial charge in [-0.15, -0.1) is 0 Å². The van der Waals surface area contributed by atoms with Gasteiger partial charge < -0.3 is 15.2 Å². The first-order valence-electron chi connectivity index (χ1n) is 5.28. The van der Waals surface area contributed by atoms with Gasteiger partial charge in [-0.3, -0.25) is 4.79 Å². The third kappa shape index (κ3) is 3.64. The van der Waals surface area contributed by atoms with Crippen LogP contribution < -0.4 is 5.73 Å². The number of hydrogen-bond acceptors (Lipinski definition) is 4. The van der Waals surface area contributed by atoms with Gasteiger partial charge in [0, 0.05) is 6.42 Å². The maximum atomic E-state index is 11.4. The number of rotatable bonds is 5. The van der Waals surface area contributed by atoms with Crippen LogP contribution in [0.5, 0.6) is 0 Å². The van der Waals surface area contributed by atoms with Crippen molar-refractivity contribution in [3.05, 3.63) is 0 Å². The summed E-state index contributed by atoms with van der Waals surface area (Å²) in [7, 11) is 0. The molecule has 1 unspecified atom stereocenters. The van der Waals surface area contributed by atoms with E-state index in [0.717, 1.165) is 19.3 Å². The van der Waals surface area contributed by atoms with Gasteiger partial charge in [0.1, 0.15) is 12.1 Å². The minimum atomic E-state index is -0.462. The molecule has 0 aliphatic carbocycles. The third-order valence-electron chi connectivity index (χ3n) is 2.34. The van der Waals surface area contributed by atoms with Crippen molar-refractivity contribution >= 4 is 5.97 Å². The highest BCUT2D eigenvalue weighted by molar-refractivity contribution is 5.75. The number of nitrogens with two attached hydrogens (primary N) is 1. The smallest absolute Gasteiger partial charge is 0.323 e. The third-order valence-corrected chi connectivity index (χ3v) is 2.34. The van der Waals surface area contributed by atoms with Gasteiger partial charge in [0.05, 0.1) is 13.2 Å². The second kappa shape index (κ2) is 5.98. The van der Waals surface area contributed by atoms with Crippen molar-refractivity contribution in [1.29, 1.82) is 0 Å². The molecule has 1 saturated heterocycles. The molecule has 1 aliphatic rings. The second-order valence-corrected chi connectivity index (χ2v) is 3.67. The summed E-state index contributed by atoms with van der Waals surface area (Å²) in [5, 5.41) is 0. The molecule has 0 saturated carbocycles. The monoisotopic (exact) mass is 201 g/mol. The molecule has 14 heavy (non-hydrogen) atoms. The average Bonchev–Trinajstić information content (AvgIpc) is 2.66. The highest BCUT2D eigenvalue weighted by Crippen LogP contribution is 2.10. The van der Waals surface area contributed by atoms with E-state index in [1.807, 2.05) is 0 Å². The van der Waals surface area contributed by atoms with Crippen molar-refractivity contribution in [3.8, 4) is 0 Å². The molecule has 0 spiro atoms. The zero-order valence-corrected chi connectivity index (χ0v) is 8.70. The van der Waals surface area contributed by atoms with Gasteiger partial charge in [-0.1, -0.05) is 19.8 Å². The van der Waals surface area contributed by atoms with Crippen LogP contribution in [0.25, 0.3) is 0 Å². The lowest BCUT2D eigenvalue weighted by Crippen LogP contribution is -2.35. The number of ether oxygens (including phenoxy) is 2. The van der Waals surface area contributed by atoms with Crippen LogP contribution in [0.4, 0.5) is 0 Å². The number of carbonyl (C=O) groups is 1. The predicted octanol–water partition coefficient (Wildman–Crippen LogP) is 0.836. The Kier molecular flexibility index (Phi) is 4.90. The lowest BCUT2D eigenvalue weighted by Gasteiger charge is -2.14. The Morgan fingerprint density at radius 1 is 1.71 bits per heavy atom. The van der Waals surface area contributed by atoms with E-state index in [-0.39, 0.29) is 12.1 Å². The van der Waals surface area contributed by atoms with E-state index in [2.05, 4.69) is 6.92 Å². The molecule has 0 aromatic carbocycles. The highest BCUT2D eigenvalue weighted by atomic mass is 16.6. The Bertz CT molecular complexity index is 178. The van der Waals surface area contributed by atoms with Crippen LogP contribution in [0.15, 0.2) is 0 Å². The Morgan fingerprint density at radius 3 is 3.07 bits per heavy atom. The SMILES string of the molecule is CCCC[C@H](N)C(=O)OC1CCOC1. The van der Waals surface area contributed by atoms with E-state index >= 15 is 0 Å². The molecular weight excluding hydrogens is 182 g/mol. The fraction of sp³-hybridized carbons (Fsp3) is 0.900. The second-order valence-electron chi connectivity index (χ2n) is 3.67. The van der Waals surface area contributed by atoms with Gasteiger partial charge in [-0.2, -0.15) is 0 Å². The number of carbonyl (C=O) groups excluding carboxylic acids is 1. The van der Waals surface area contributed by atoms with Crippen LogP contribution in [0, 0.1) is 0 Å². The first-order chi connectivity index (χ1) is 6.74. The molecule has 1 rings (SSSR count). The summed E-state index contributed by atoms with van der Waals surface area (Å²) >= 11 is 0. The van der Waals surface area contributed by atoms with E-state index in [1.165, 1.54) is 0 Å². The van der Waals surface area contributed by atoms with E-state index < -0.39 is 6.04 Å². The molecule has 2 N–H and O–H groups in total. The quantitative estimate of drug-likeness (QED) is 0.669. The summed E-state index contributed by atoms with van der Waals surface area (Å²) in [6, 6.07) is -0.462. The molecule has 2 atom stereocenters. The topological polar surface area (TPSA) is 61.6 Å². The molecule has 0 aromatic rings. The molecule has 82 valence electrons. The van der Waals surface area contributed by atoms with Gasteiger partial charge in [0.15, 0.2) is 0 Å². The average molecular weight is 201 g/mol. The number of esters is 1. The molecule has 1 heterocycles. The zero-order chi connectivity index (χ0) is 10.4.